The van der Waals surface area contributed by atoms with Gasteiger partial charge in [0.05, 0.1) is 10.0 Å². The molecule has 0 bridgehead atoms. The second kappa shape index (κ2) is 3.62. The van der Waals surface area contributed by atoms with Crippen molar-refractivity contribution in [1.29, 1.82) is 5.26 Å². The second-order valence-electron chi connectivity index (χ2n) is 4.22. The summed E-state index contributed by atoms with van der Waals surface area (Å²) in [6.07, 6.45) is 0. The van der Waals surface area contributed by atoms with Crippen LogP contribution < -0.4 is 0 Å². The Morgan fingerprint density at radius 1 is 1.36 bits per heavy atom. The zero-order valence-electron chi connectivity index (χ0n) is 8.43. The Labute approximate surface area is 92.3 Å². The number of phenols is 1. The molecule has 1 aromatic carbocycles. The number of benzene rings is 1. The van der Waals surface area contributed by atoms with E-state index in [-0.39, 0.29) is 11.2 Å². The first-order chi connectivity index (χ1) is 6.36. The van der Waals surface area contributed by atoms with Crippen molar-refractivity contribution in [2.24, 2.45) is 0 Å². The second-order valence-corrected chi connectivity index (χ2v) is 5.07. The number of phenolic OH excluding ortho intramolecular Hbond substituents is 1. The van der Waals surface area contributed by atoms with Gasteiger partial charge in [0.15, 0.2) is 0 Å². The topological polar surface area (TPSA) is 44.0 Å². The van der Waals surface area contributed by atoms with Crippen LogP contribution >= 0.6 is 15.9 Å². The van der Waals surface area contributed by atoms with Gasteiger partial charge in [-0.15, -0.1) is 0 Å². The highest BCUT2D eigenvalue weighted by Crippen LogP contribution is 2.33. The van der Waals surface area contributed by atoms with Crippen molar-refractivity contribution >= 4 is 15.9 Å². The molecule has 0 aliphatic rings. The fourth-order valence-corrected chi connectivity index (χ4v) is 1.58. The van der Waals surface area contributed by atoms with Crippen LogP contribution in [0.5, 0.6) is 5.75 Å². The Morgan fingerprint density at radius 3 is 2.36 bits per heavy atom. The van der Waals surface area contributed by atoms with Crippen LogP contribution in [-0.4, -0.2) is 5.11 Å². The minimum atomic E-state index is -0.0260. The smallest absolute Gasteiger partial charge is 0.147 e. The van der Waals surface area contributed by atoms with Gasteiger partial charge in [0.1, 0.15) is 11.8 Å². The lowest BCUT2D eigenvalue weighted by Crippen LogP contribution is -2.11. The number of nitriles is 1. The zero-order chi connectivity index (χ0) is 10.9. The van der Waals surface area contributed by atoms with Crippen LogP contribution in [0.4, 0.5) is 0 Å². The van der Waals surface area contributed by atoms with Gasteiger partial charge in [-0.1, -0.05) is 20.8 Å². The first-order valence-electron chi connectivity index (χ1n) is 4.29. The van der Waals surface area contributed by atoms with Crippen LogP contribution in [-0.2, 0) is 5.41 Å². The summed E-state index contributed by atoms with van der Waals surface area (Å²) in [4.78, 5) is 0. The van der Waals surface area contributed by atoms with E-state index in [9.17, 15) is 5.11 Å². The van der Waals surface area contributed by atoms with Crippen molar-refractivity contribution in [2.75, 3.05) is 0 Å². The molecule has 1 aromatic rings. The van der Waals surface area contributed by atoms with Crippen LogP contribution in [0.3, 0.4) is 0 Å². The van der Waals surface area contributed by atoms with Gasteiger partial charge < -0.3 is 5.11 Å². The van der Waals surface area contributed by atoms with Crippen LogP contribution in [0, 0.1) is 11.3 Å². The van der Waals surface area contributed by atoms with Gasteiger partial charge in [-0.2, -0.15) is 5.26 Å². The average molecular weight is 254 g/mol. The van der Waals surface area contributed by atoms with Crippen LogP contribution in [0.1, 0.15) is 31.9 Å². The number of nitrogens with zero attached hydrogens (tertiary/aromatic N) is 1. The molecule has 0 heterocycles. The lowest BCUT2D eigenvalue weighted by Gasteiger charge is -2.19. The lowest BCUT2D eigenvalue weighted by atomic mass is 9.86. The summed E-state index contributed by atoms with van der Waals surface area (Å²) in [6, 6.07) is 5.53. The van der Waals surface area contributed by atoms with E-state index in [2.05, 4.69) is 36.7 Å². The molecule has 0 saturated heterocycles. The van der Waals surface area contributed by atoms with Gasteiger partial charge in [-0.3, -0.25) is 0 Å². The maximum atomic E-state index is 9.52. The first-order valence-corrected chi connectivity index (χ1v) is 5.08. The zero-order valence-corrected chi connectivity index (χ0v) is 10.0. The molecule has 74 valence electrons. The maximum absolute atomic E-state index is 9.52. The van der Waals surface area contributed by atoms with Crippen LogP contribution in [0.2, 0.25) is 0 Å². The molecule has 0 aromatic heterocycles. The van der Waals surface area contributed by atoms with Gasteiger partial charge >= 0.3 is 0 Å². The third-order valence-electron chi connectivity index (χ3n) is 2.05. The van der Waals surface area contributed by atoms with Crippen molar-refractivity contribution in [1.82, 2.24) is 0 Å². The highest BCUT2D eigenvalue weighted by Gasteiger charge is 2.17. The Bertz CT molecular complexity index is 399. The summed E-state index contributed by atoms with van der Waals surface area (Å²) in [5.41, 5.74) is 1.31. The summed E-state index contributed by atoms with van der Waals surface area (Å²) in [5.74, 6) is 0.0144. The van der Waals surface area contributed by atoms with Crippen LogP contribution in [0.15, 0.2) is 16.6 Å². The predicted molar refractivity (Wildman–Crippen MR) is 59.2 cm³/mol. The summed E-state index contributed by atoms with van der Waals surface area (Å²) >= 11 is 3.23. The van der Waals surface area contributed by atoms with Crippen molar-refractivity contribution in [3.8, 4) is 11.8 Å². The highest BCUT2D eigenvalue weighted by atomic mass is 79.9. The van der Waals surface area contributed by atoms with Gasteiger partial charge in [0.2, 0.25) is 0 Å². The molecule has 1 N–H and O–H groups in total. The van der Waals surface area contributed by atoms with E-state index >= 15 is 0 Å². The fourth-order valence-electron chi connectivity index (χ4n) is 1.12. The number of hydrogen-bond donors (Lipinski definition) is 1. The third kappa shape index (κ3) is 2.08. The van der Waals surface area contributed by atoms with E-state index in [1.54, 1.807) is 6.07 Å². The third-order valence-corrected chi connectivity index (χ3v) is 2.65. The molecule has 2 nitrogen and oxygen atoms in total. The molecule has 0 spiro atoms. The van der Waals surface area contributed by atoms with E-state index in [1.807, 2.05) is 12.1 Å². The molecule has 0 aliphatic heterocycles. The van der Waals surface area contributed by atoms with Crippen molar-refractivity contribution in [3.63, 3.8) is 0 Å². The molecule has 0 unspecified atom stereocenters. The average Bonchev–Trinajstić information content (AvgIpc) is 2.07. The molecule has 0 atom stereocenters. The summed E-state index contributed by atoms with van der Waals surface area (Å²) in [7, 11) is 0. The standard InChI is InChI=1S/C11H12BrNO/c1-11(2,3)8-4-7(6-13)10(14)9(12)5-8/h4-5,14H,1-3H3. The lowest BCUT2D eigenvalue weighted by molar-refractivity contribution is 0.468. The van der Waals surface area contributed by atoms with Crippen molar-refractivity contribution in [3.05, 3.63) is 27.7 Å². The molecule has 0 saturated carbocycles. The first kappa shape index (κ1) is 11.1. The number of hydrogen-bond acceptors (Lipinski definition) is 2. The summed E-state index contributed by atoms with van der Waals surface area (Å²) in [6.45, 7) is 6.19. The van der Waals surface area contributed by atoms with E-state index < -0.39 is 0 Å². The molecule has 14 heavy (non-hydrogen) atoms. The number of halogens is 1. The van der Waals surface area contributed by atoms with E-state index in [1.165, 1.54) is 0 Å². The summed E-state index contributed by atoms with van der Waals surface area (Å²) in [5, 5.41) is 18.3. The molecule has 0 aliphatic carbocycles. The van der Waals surface area contributed by atoms with Crippen molar-refractivity contribution in [2.45, 2.75) is 26.2 Å². The molecule has 1 rings (SSSR count). The molecule has 0 radical (unpaired) electrons. The molecular weight excluding hydrogens is 242 g/mol. The fraction of sp³-hybridized carbons (Fsp3) is 0.364. The highest BCUT2D eigenvalue weighted by molar-refractivity contribution is 9.10. The van der Waals surface area contributed by atoms with E-state index in [0.717, 1.165) is 5.56 Å². The molecule has 3 heteroatoms. The van der Waals surface area contributed by atoms with Crippen LogP contribution in [0.25, 0.3) is 0 Å². The van der Waals surface area contributed by atoms with Gasteiger partial charge in [-0.25, -0.2) is 0 Å². The molecule has 0 amide bonds. The summed E-state index contributed by atoms with van der Waals surface area (Å²) < 4.78 is 0.571. The number of rotatable bonds is 0. The SMILES string of the molecule is CC(C)(C)c1cc(Br)c(O)c(C#N)c1. The van der Waals surface area contributed by atoms with E-state index in [0.29, 0.717) is 10.0 Å². The Morgan fingerprint density at radius 2 is 1.93 bits per heavy atom. The molecular formula is C11H12BrNO. The van der Waals surface area contributed by atoms with E-state index in [4.69, 9.17) is 5.26 Å². The Kier molecular flexibility index (Phi) is 2.86. The Hall–Kier alpha value is -1.01. The van der Waals surface area contributed by atoms with Gasteiger partial charge in [0.25, 0.3) is 0 Å². The normalized spacial score (nSPS) is 11.1. The maximum Gasteiger partial charge on any atom is 0.147 e. The minimum absolute atomic E-state index is 0.0144. The predicted octanol–water partition coefficient (Wildman–Crippen LogP) is 3.32. The van der Waals surface area contributed by atoms with Gasteiger partial charge in [0, 0.05) is 0 Å². The van der Waals surface area contributed by atoms with Gasteiger partial charge in [-0.05, 0) is 39.0 Å². The number of aromatic hydroxyl groups is 1. The monoisotopic (exact) mass is 253 g/mol. The quantitative estimate of drug-likeness (QED) is 0.771. The molecule has 0 fully saturated rings. The minimum Gasteiger partial charge on any atom is -0.505 e. The van der Waals surface area contributed by atoms with Crippen molar-refractivity contribution < 1.29 is 5.11 Å². The Balaban J connectivity index is 3.40. The largest absolute Gasteiger partial charge is 0.505 e.